The van der Waals surface area contributed by atoms with Gasteiger partial charge in [-0.15, -0.1) is 0 Å². The molecule has 0 saturated carbocycles. The van der Waals surface area contributed by atoms with Crippen LogP contribution in [0.2, 0.25) is 0 Å². The molecule has 2 N–H and O–H groups in total. The molecule has 124 valence electrons. The van der Waals surface area contributed by atoms with Crippen LogP contribution >= 0.6 is 0 Å². The van der Waals surface area contributed by atoms with E-state index in [-0.39, 0.29) is 5.82 Å². The van der Waals surface area contributed by atoms with Gasteiger partial charge in [0.15, 0.2) is 5.82 Å². The maximum Gasteiger partial charge on any atom is 0.229 e. The van der Waals surface area contributed by atoms with Crippen molar-refractivity contribution in [1.82, 2.24) is 14.7 Å². The summed E-state index contributed by atoms with van der Waals surface area (Å²) in [5.41, 5.74) is 2.65. The quantitative estimate of drug-likeness (QED) is 0.709. The molecule has 0 spiro atoms. The molecule has 0 unspecified atom stereocenters. The van der Waals surface area contributed by atoms with Crippen LogP contribution in [0.1, 0.15) is 5.69 Å². The van der Waals surface area contributed by atoms with Crippen molar-refractivity contribution < 1.29 is 13.6 Å². The number of imidazole rings is 1. The zero-order valence-corrected chi connectivity index (χ0v) is 13.9. The largest absolute Gasteiger partial charge is 0.426 e. The van der Waals surface area contributed by atoms with Gasteiger partial charge in [0.2, 0.25) is 10.0 Å². The summed E-state index contributed by atoms with van der Waals surface area (Å²) >= 11 is 0. The second kappa shape index (κ2) is 5.97. The Hall–Kier alpha value is -2.87. The fourth-order valence-electron chi connectivity index (χ4n) is 2.49. The lowest BCUT2D eigenvalue weighted by atomic mass is 10.1. The van der Waals surface area contributed by atoms with Crippen LogP contribution in [0, 0.1) is 6.92 Å². The Bertz CT molecular complexity index is 982. The van der Waals surface area contributed by atoms with Gasteiger partial charge < -0.3 is 5.21 Å². The molecule has 3 aromatic rings. The molecule has 7 nitrogen and oxygen atoms in total. The Morgan fingerprint density at radius 2 is 1.92 bits per heavy atom. The highest BCUT2D eigenvalue weighted by molar-refractivity contribution is 7.92. The van der Waals surface area contributed by atoms with Crippen LogP contribution in [0.4, 0.5) is 5.69 Å². The molecule has 2 aromatic heterocycles. The van der Waals surface area contributed by atoms with Crippen molar-refractivity contribution in [3.05, 3.63) is 54.5 Å². The number of hydrogen-bond acceptors (Lipinski definition) is 5. The third-order valence-corrected chi connectivity index (χ3v) is 4.02. The van der Waals surface area contributed by atoms with E-state index in [2.05, 4.69) is 14.7 Å². The Kier molecular flexibility index (Phi) is 3.98. The molecule has 8 heteroatoms. The van der Waals surface area contributed by atoms with Crippen molar-refractivity contribution in [2.45, 2.75) is 6.92 Å². The minimum absolute atomic E-state index is 0.248. The fraction of sp³-hybridized carbons (Fsp3) is 0.125. The van der Waals surface area contributed by atoms with E-state index in [1.165, 1.54) is 0 Å². The molecule has 0 bridgehead atoms. The molecule has 0 fully saturated rings. The number of aryl methyl sites for hydroxylation is 1. The first kappa shape index (κ1) is 16.0. The summed E-state index contributed by atoms with van der Waals surface area (Å²) < 4.78 is 26.5. The maximum atomic E-state index is 11.6. The van der Waals surface area contributed by atoms with Gasteiger partial charge >= 0.3 is 0 Å². The summed E-state index contributed by atoms with van der Waals surface area (Å²) in [7, 11) is -3.45. The van der Waals surface area contributed by atoms with Crippen molar-refractivity contribution in [2.75, 3.05) is 11.0 Å². The molecular weight excluding hydrogens is 328 g/mol. The number of aromatic nitrogens is 3. The van der Waals surface area contributed by atoms with Crippen molar-refractivity contribution in [1.29, 1.82) is 0 Å². The smallest absolute Gasteiger partial charge is 0.229 e. The number of para-hydroxylation sites is 1. The van der Waals surface area contributed by atoms with Crippen molar-refractivity contribution in [3.8, 4) is 22.6 Å². The fourth-order valence-corrected chi connectivity index (χ4v) is 3.07. The summed E-state index contributed by atoms with van der Waals surface area (Å²) in [5.74, 6) is 0.248. The number of pyridine rings is 1. The highest BCUT2D eigenvalue weighted by Crippen LogP contribution is 2.32. The van der Waals surface area contributed by atoms with Crippen LogP contribution in [0.3, 0.4) is 0 Å². The van der Waals surface area contributed by atoms with Gasteiger partial charge in [-0.1, -0.05) is 12.1 Å². The first-order valence-electron chi connectivity index (χ1n) is 7.13. The average Bonchev–Trinajstić information content (AvgIpc) is 2.82. The van der Waals surface area contributed by atoms with Gasteiger partial charge in [-0.25, -0.2) is 13.4 Å². The molecule has 0 saturated heterocycles. The second-order valence-electron chi connectivity index (χ2n) is 5.34. The normalized spacial score (nSPS) is 11.4. The van der Waals surface area contributed by atoms with Crippen LogP contribution in [-0.4, -0.2) is 34.6 Å². The van der Waals surface area contributed by atoms with Gasteiger partial charge in [-0.2, -0.15) is 4.73 Å². The summed E-state index contributed by atoms with van der Waals surface area (Å²) in [6, 6.07) is 10.3. The van der Waals surface area contributed by atoms with Crippen molar-refractivity contribution >= 4 is 15.7 Å². The van der Waals surface area contributed by atoms with Crippen LogP contribution in [-0.2, 0) is 10.0 Å². The van der Waals surface area contributed by atoms with E-state index in [1.54, 1.807) is 49.6 Å². The lowest BCUT2D eigenvalue weighted by molar-refractivity contribution is 0.195. The van der Waals surface area contributed by atoms with Crippen LogP contribution < -0.4 is 4.72 Å². The number of benzene rings is 1. The molecule has 0 aliphatic rings. The Morgan fingerprint density at radius 1 is 1.17 bits per heavy atom. The average molecular weight is 344 g/mol. The van der Waals surface area contributed by atoms with E-state index < -0.39 is 10.0 Å². The molecule has 0 amide bonds. The number of hydrogen-bond donors (Lipinski definition) is 2. The van der Waals surface area contributed by atoms with Gasteiger partial charge in [-0.3, -0.25) is 9.71 Å². The number of sulfonamides is 1. The molecule has 1 aromatic carbocycles. The SMILES string of the molecule is Cc1nc(-c2ccccc2NS(C)(=O)=O)n(O)c1-c1cccnc1. The molecule has 0 aliphatic heterocycles. The monoisotopic (exact) mass is 344 g/mol. The first-order chi connectivity index (χ1) is 11.4. The Balaban J connectivity index is 2.16. The maximum absolute atomic E-state index is 11.6. The van der Waals surface area contributed by atoms with Gasteiger partial charge in [-0.05, 0) is 31.2 Å². The number of nitrogens with zero attached hydrogens (tertiary/aromatic N) is 3. The van der Waals surface area contributed by atoms with Crippen LogP contribution in [0.15, 0.2) is 48.8 Å². The minimum atomic E-state index is -3.45. The highest BCUT2D eigenvalue weighted by Gasteiger charge is 2.20. The first-order valence-corrected chi connectivity index (χ1v) is 9.02. The zero-order chi connectivity index (χ0) is 17.3. The molecule has 2 heterocycles. The topological polar surface area (TPSA) is 97.1 Å². The Labute approximate surface area is 139 Å². The number of anilines is 1. The predicted molar refractivity (Wildman–Crippen MR) is 91.3 cm³/mol. The standard InChI is InChI=1S/C16H16N4O3S/c1-11-15(12-6-5-9-17-10-12)20(21)16(18-11)13-7-3-4-8-14(13)19-24(2,22)23/h3-10,19,21H,1-2H3. The third-order valence-electron chi connectivity index (χ3n) is 3.43. The Morgan fingerprint density at radius 3 is 2.58 bits per heavy atom. The third kappa shape index (κ3) is 3.09. The van der Waals surface area contributed by atoms with Gasteiger partial charge in [0.1, 0.15) is 5.69 Å². The van der Waals surface area contributed by atoms with E-state index >= 15 is 0 Å². The summed E-state index contributed by atoms with van der Waals surface area (Å²) in [5, 5.41) is 10.6. The minimum Gasteiger partial charge on any atom is -0.426 e. The summed E-state index contributed by atoms with van der Waals surface area (Å²) in [6.07, 6.45) is 4.34. The van der Waals surface area contributed by atoms with Crippen LogP contribution in [0.5, 0.6) is 0 Å². The molecular formula is C16H16N4O3S. The predicted octanol–water partition coefficient (Wildman–Crippen LogP) is 2.53. The molecule has 0 atom stereocenters. The molecule has 0 aliphatic carbocycles. The second-order valence-corrected chi connectivity index (χ2v) is 7.09. The lowest BCUT2D eigenvalue weighted by Crippen LogP contribution is -2.11. The summed E-state index contributed by atoms with van der Waals surface area (Å²) in [4.78, 5) is 8.45. The van der Waals surface area contributed by atoms with Crippen LogP contribution in [0.25, 0.3) is 22.6 Å². The van der Waals surface area contributed by atoms with Gasteiger partial charge in [0.05, 0.1) is 17.6 Å². The number of rotatable bonds is 4. The van der Waals surface area contributed by atoms with E-state index in [0.29, 0.717) is 28.2 Å². The van der Waals surface area contributed by atoms with E-state index in [0.717, 1.165) is 11.0 Å². The van der Waals surface area contributed by atoms with Crippen molar-refractivity contribution in [3.63, 3.8) is 0 Å². The number of nitrogens with one attached hydrogen (secondary N) is 1. The summed E-state index contributed by atoms with van der Waals surface area (Å²) in [6.45, 7) is 1.77. The van der Waals surface area contributed by atoms with E-state index in [4.69, 9.17) is 0 Å². The van der Waals surface area contributed by atoms with E-state index in [9.17, 15) is 13.6 Å². The molecule has 3 rings (SSSR count). The van der Waals surface area contributed by atoms with Gasteiger partial charge in [0, 0.05) is 23.5 Å². The lowest BCUT2D eigenvalue weighted by Gasteiger charge is -2.10. The molecule has 0 radical (unpaired) electrons. The van der Waals surface area contributed by atoms with Gasteiger partial charge in [0.25, 0.3) is 0 Å². The van der Waals surface area contributed by atoms with Crippen molar-refractivity contribution in [2.24, 2.45) is 0 Å². The highest BCUT2D eigenvalue weighted by atomic mass is 32.2. The zero-order valence-electron chi connectivity index (χ0n) is 13.1. The van der Waals surface area contributed by atoms with E-state index in [1.807, 2.05) is 6.07 Å². The molecule has 24 heavy (non-hydrogen) atoms.